The Morgan fingerprint density at radius 2 is 1.03 bits per heavy atom. The average Bonchev–Trinajstić information content (AvgIpc) is 3.10. The molecule has 0 spiro atoms. The number of aliphatic hydroxyl groups excluding tert-OH is 11. The highest BCUT2D eigenvalue weighted by Crippen LogP contribution is 2.39. The molecule has 16 nitrogen and oxygen atoms in total. The van der Waals surface area contributed by atoms with Crippen LogP contribution in [0.25, 0.3) is 0 Å². The molecule has 0 aromatic rings. The summed E-state index contributed by atoms with van der Waals surface area (Å²) >= 11 is 0. The van der Waals surface area contributed by atoms with Crippen LogP contribution in [0.3, 0.4) is 0 Å². The minimum Gasteiger partial charge on any atom is -0.394 e. The van der Waals surface area contributed by atoms with Gasteiger partial charge in [0.05, 0.1) is 19.8 Å². The van der Waals surface area contributed by atoms with E-state index in [1.165, 1.54) is 0 Å². The van der Waals surface area contributed by atoms with Crippen LogP contribution in [0.4, 0.5) is 0 Å². The van der Waals surface area contributed by atoms with Gasteiger partial charge in [-0.05, 0) is 0 Å². The van der Waals surface area contributed by atoms with Gasteiger partial charge < -0.3 is 79.9 Å². The predicted molar refractivity (Wildman–Crippen MR) is 101 cm³/mol. The Labute approximate surface area is 192 Å². The van der Waals surface area contributed by atoms with Crippen molar-refractivity contribution >= 4 is 0 Å². The summed E-state index contributed by atoms with van der Waals surface area (Å²) in [6, 6.07) is 0. The second kappa shape index (κ2) is 11.2. The van der Waals surface area contributed by atoms with Crippen molar-refractivity contribution in [2.45, 2.75) is 85.5 Å². The second-order valence-corrected chi connectivity index (χ2v) is 8.37. The van der Waals surface area contributed by atoms with Crippen molar-refractivity contribution in [3.63, 3.8) is 0 Å². The molecule has 0 bridgehead atoms. The third-order valence-corrected chi connectivity index (χ3v) is 6.17. The molecular weight excluding hydrogens is 472 g/mol. The highest BCUT2D eigenvalue weighted by molar-refractivity contribution is 5.01. The second-order valence-electron chi connectivity index (χ2n) is 8.37. The van der Waals surface area contributed by atoms with Gasteiger partial charge in [-0.1, -0.05) is 0 Å². The summed E-state index contributed by atoms with van der Waals surface area (Å²) in [4.78, 5) is 0. The van der Waals surface area contributed by atoms with Gasteiger partial charge in [0.1, 0.15) is 73.8 Å². The third-order valence-electron chi connectivity index (χ3n) is 6.17. The van der Waals surface area contributed by atoms with Crippen molar-refractivity contribution in [2.75, 3.05) is 26.4 Å². The Kier molecular flexibility index (Phi) is 9.18. The number of hydrogen-bond donors (Lipinski definition) is 11. The zero-order valence-corrected chi connectivity index (χ0v) is 17.8. The molecule has 0 aromatic heterocycles. The summed E-state index contributed by atoms with van der Waals surface area (Å²) in [5.74, 6) is -2.43. The van der Waals surface area contributed by atoms with E-state index in [4.69, 9.17) is 23.7 Å². The Balaban J connectivity index is 1.87. The van der Waals surface area contributed by atoms with Gasteiger partial charge in [-0.3, -0.25) is 0 Å². The zero-order chi connectivity index (χ0) is 25.4. The number of hydrogen-bond acceptors (Lipinski definition) is 16. The molecule has 3 heterocycles. The van der Waals surface area contributed by atoms with Gasteiger partial charge in [0.2, 0.25) is 5.79 Å². The van der Waals surface area contributed by atoms with E-state index in [9.17, 15) is 56.2 Å². The lowest BCUT2D eigenvalue weighted by atomic mass is 9.98. The first-order valence-electron chi connectivity index (χ1n) is 10.6. The highest BCUT2D eigenvalue weighted by atomic mass is 16.8. The Hall–Kier alpha value is -0.640. The lowest BCUT2D eigenvalue weighted by Crippen LogP contribution is -2.64. The lowest BCUT2D eigenvalue weighted by Gasteiger charge is -2.45. The van der Waals surface area contributed by atoms with E-state index in [-0.39, 0.29) is 0 Å². The average molecular weight is 504 g/mol. The van der Waals surface area contributed by atoms with Crippen molar-refractivity contribution in [1.82, 2.24) is 0 Å². The Morgan fingerprint density at radius 1 is 0.559 bits per heavy atom. The minimum absolute atomic E-state index is 0.777. The summed E-state index contributed by atoms with van der Waals surface area (Å²) in [5, 5.41) is 109. The fourth-order valence-electron chi connectivity index (χ4n) is 4.12. The van der Waals surface area contributed by atoms with Crippen molar-refractivity contribution < 1.29 is 79.9 Å². The molecule has 0 aliphatic carbocycles. The molecule has 0 amide bonds. The van der Waals surface area contributed by atoms with Crippen LogP contribution < -0.4 is 0 Å². The molecule has 0 saturated carbocycles. The standard InChI is InChI=1S/C18H32O16/c19-1-5-8(23)11(26)13(28)16(30-5)32-15-10(25)7(3-21)33-18(15,4-22)34-17-14(29)12(27)9(24)6(2-20)31-17/h5-17,19-29H,1-4H2/t5?,6?,7-,8-,9-,10?,11-,12-,13?,14?,15?,16-,17-,18+/m1/s1. The lowest BCUT2D eigenvalue weighted by molar-refractivity contribution is -0.400. The summed E-state index contributed by atoms with van der Waals surface area (Å²) < 4.78 is 27.0. The van der Waals surface area contributed by atoms with Crippen molar-refractivity contribution in [2.24, 2.45) is 0 Å². The van der Waals surface area contributed by atoms with Crippen LogP contribution in [0.5, 0.6) is 0 Å². The van der Waals surface area contributed by atoms with Crippen molar-refractivity contribution in [1.29, 1.82) is 0 Å². The Bertz CT molecular complexity index is 651. The van der Waals surface area contributed by atoms with Crippen LogP contribution in [0, 0.1) is 0 Å². The van der Waals surface area contributed by atoms with Crippen LogP contribution in [-0.2, 0) is 23.7 Å². The van der Waals surface area contributed by atoms with E-state index in [1.54, 1.807) is 0 Å². The fraction of sp³-hybridized carbons (Fsp3) is 1.00. The van der Waals surface area contributed by atoms with E-state index >= 15 is 0 Å². The van der Waals surface area contributed by atoms with Gasteiger partial charge in [0, 0.05) is 0 Å². The Morgan fingerprint density at radius 3 is 1.50 bits per heavy atom. The third kappa shape index (κ3) is 4.96. The van der Waals surface area contributed by atoms with Gasteiger partial charge in [0.15, 0.2) is 12.6 Å². The summed E-state index contributed by atoms with van der Waals surface area (Å²) in [7, 11) is 0. The first kappa shape index (κ1) is 27.9. The molecule has 3 rings (SSSR count). The van der Waals surface area contributed by atoms with E-state index in [1.807, 2.05) is 0 Å². The molecule has 3 aliphatic heterocycles. The minimum atomic E-state index is -2.43. The molecule has 11 N–H and O–H groups in total. The molecule has 34 heavy (non-hydrogen) atoms. The van der Waals surface area contributed by atoms with Gasteiger partial charge >= 0.3 is 0 Å². The smallest absolute Gasteiger partial charge is 0.224 e. The molecular formula is C18H32O16. The van der Waals surface area contributed by atoms with Gasteiger partial charge in [-0.15, -0.1) is 0 Å². The maximum atomic E-state index is 10.6. The maximum absolute atomic E-state index is 10.6. The molecule has 0 radical (unpaired) electrons. The van der Waals surface area contributed by atoms with E-state index in [2.05, 4.69) is 0 Å². The quantitative estimate of drug-likeness (QED) is 0.146. The summed E-state index contributed by atoms with van der Waals surface area (Å²) in [6.45, 7) is -3.49. The van der Waals surface area contributed by atoms with Crippen molar-refractivity contribution in [3.8, 4) is 0 Å². The van der Waals surface area contributed by atoms with Crippen LogP contribution in [0.15, 0.2) is 0 Å². The highest BCUT2D eigenvalue weighted by Gasteiger charge is 2.61. The number of ether oxygens (including phenoxy) is 5. The van der Waals surface area contributed by atoms with Crippen LogP contribution in [-0.4, -0.2) is 168 Å². The number of rotatable bonds is 8. The largest absolute Gasteiger partial charge is 0.394 e. The summed E-state index contributed by atoms with van der Waals surface area (Å²) in [5.41, 5.74) is 0. The monoisotopic (exact) mass is 504 g/mol. The molecule has 3 aliphatic rings. The topological polar surface area (TPSA) is 269 Å². The molecule has 6 unspecified atom stereocenters. The van der Waals surface area contributed by atoms with Crippen LogP contribution >= 0.6 is 0 Å². The molecule has 0 aromatic carbocycles. The normalized spacial score (nSPS) is 52.1. The molecule has 3 fully saturated rings. The fourth-order valence-corrected chi connectivity index (χ4v) is 4.12. The first-order valence-corrected chi connectivity index (χ1v) is 10.6. The van der Waals surface area contributed by atoms with Gasteiger partial charge in [-0.2, -0.15) is 0 Å². The SMILES string of the molecule is OCC1O[C@H](OC2C(O)[C@@H](CO)O[C@@]2(CO)O[C@H]2OC(CO)[C@@H](O)[C@@H](O)C2O)C(O)[C@H](O)[C@@H]1O. The van der Waals surface area contributed by atoms with E-state index in [0.717, 1.165) is 0 Å². The van der Waals surface area contributed by atoms with E-state index in [0.29, 0.717) is 0 Å². The van der Waals surface area contributed by atoms with E-state index < -0.39 is 112 Å². The predicted octanol–water partition coefficient (Wildman–Crippen LogP) is -7.57. The first-order chi connectivity index (χ1) is 16.0. The number of aliphatic hydroxyl groups is 11. The molecule has 16 heteroatoms. The van der Waals surface area contributed by atoms with Gasteiger partial charge in [-0.25, -0.2) is 0 Å². The maximum Gasteiger partial charge on any atom is 0.224 e. The van der Waals surface area contributed by atoms with Crippen molar-refractivity contribution in [3.05, 3.63) is 0 Å². The molecule has 14 atom stereocenters. The molecule has 200 valence electrons. The zero-order valence-electron chi connectivity index (χ0n) is 17.8. The van der Waals surface area contributed by atoms with Gasteiger partial charge in [0.25, 0.3) is 0 Å². The molecule has 3 saturated heterocycles. The van der Waals surface area contributed by atoms with Crippen LogP contribution in [0.1, 0.15) is 0 Å². The summed E-state index contributed by atoms with van der Waals surface area (Å²) in [6.07, 6.45) is -22.3. The van der Waals surface area contributed by atoms with Crippen LogP contribution in [0.2, 0.25) is 0 Å².